The van der Waals surface area contributed by atoms with E-state index in [1.54, 1.807) is 28.8 Å². The zero-order valence-electron chi connectivity index (χ0n) is 19.3. The van der Waals surface area contributed by atoms with Crippen molar-refractivity contribution in [2.75, 3.05) is 18.4 Å². The zero-order chi connectivity index (χ0) is 25.1. The summed E-state index contributed by atoms with van der Waals surface area (Å²) in [4.78, 5) is 27.2. The third kappa shape index (κ3) is 5.53. The number of para-hydroxylation sites is 1. The molecule has 10 heteroatoms. The molecule has 2 aromatic carbocycles. The van der Waals surface area contributed by atoms with Gasteiger partial charge in [0.1, 0.15) is 5.75 Å². The van der Waals surface area contributed by atoms with E-state index in [4.69, 9.17) is 0 Å². The number of anilines is 1. The lowest BCUT2D eigenvalue weighted by molar-refractivity contribution is -0.0503. The summed E-state index contributed by atoms with van der Waals surface area (Å²) in [5.41, 5.74) is 3.11. The molecule has 0 saturated carbocycles. The summed E-state index contributed by atoms with van der Waals surface area (Å²) < 4.78 is 32.2. The molecule has 1 fully saturated rings. The molecule has 1 saturated heterocycles. The first-order valence-electron chi connectivity index (χ1n) is 11.2. The number of hydrogen-bond donors (Lipinski definition) is 1. The molecule has 7 nitrogen and oxygen atoms in total. The minimum absolute atomic E-state index is 0.111. The van der Waals surface area contributed by atoms with Crippen LogP contribution in [0, 0.1) is 6.92 Å². The average molecular weight is 547 g/mol. The standard InChI is InChI=1S/C25H25BrF2N4O3/c1-15-21(26)22(30-31(15)2)23(33)29-18-9-7-16(8-10-18)17-11-13-32(14-12-17)24(34)19-5-3-4-6-20(19)35-25(27)28/h3-10,17,25H,11-14H2,1-2H3,(H,29,33). The molecule has 0 unspecified atom stereocenters. The lowest BCUT2D eigenvalue weighted by Gasteiger charge is -2.32. The van der Waals surface area contributed by atoms with E-state index in [1.807, 2.05) is 31.2 Å². The second kappa shape index (κ2) is 10.6. The molecule has 4 rings (SSSR count). The fraction of sp³-hybridized carbons (Fsp3) is 0.320. The smallest absolute Gasteiger partial charge is 0.387 e. The first-order chi connectivity index (χ1) is 16.7. The first-order valence-corrected chi connectivity index (χ1v) is 12.0. The van der Waals surface area contributed by atoms with Crippen molar-refractivity contribution in [1.29, 1.82) is 0 Å². The molecular weight excluding hydrogens is 522 g/mol. The Kier molecular flexibility index (Phi) is 7.49. The SMILES string of the molecule is Cc1c(Br)c(C(=O)Nc2ccc(C3CCN(C(=O)c4ccccc4OC(F)F)CC3)cc2)nn1C. The van der Waals surface area contributed by atoms with Crippen LogP contribution in [0.5, 0.6) is 5.75 Å². The molecule has 3 aromatic rings. The first kappa shape index (κ1) is 24.8. The summed E-state index contributed by atoms with van der Waals surface area (Å²) >= 11 is 3.41. The van der Waals surface area contributed by atoms with Crippen LogP contribution in [0.3, 0.4) is 0 Å². The van der Waals surface area contributed by atoms with Crippen molar-refractivity contribution < 1.29 is 23.1 Å². The number of benzene rings is 2. The minimum Gasteiger partial charge on any atom is -0.434 e. The summed E-state index contributed by atoms with van der Waals surface area (Å²) in [6.07, 6.45) is 1.49. The molecule has 2 heterocycles. The van der Waals surface area contributed by atoms with E-state index in [1.165, 1.54) is 12.1 Å². The number of piperidine rings is 1. The molecule has 0 atom stereocenters. The van der Waals surface area contributed by atoms with Crippen molar-refractivity contribution in [2.24, 2.45) is 7.05 Å². The van der Waals surface area contributed by atoms with Crippen LogP contribution in [0.2, 0.25) is 0 Å². The van der Waals surface area contributed by atoms with E-state index in [2.05, 4.69) is 31.1 Å². The molecule has 1 aliphatic heterocycles. The van der Waals surface area contributed by atoms with Crippen molar-refractivity contribution in [1.82, 2.24) is 14.7 Å². The number of aromatic nitrogens is 2. The predicted octanol–water partition coefficient (Wildman–Crippen LogP) is 5.36. The Morgan fingerprint density at radius 1 is 1.11 bits per heavy atom. The van der Waals surface area contributed by atoms with Crippen LogP contribution in [0.4, 0.5) is 14.5 Å². The highest BCUT2D eigenvalue weighted by molar-refractivity contribution is 9.10. The molecule has 1 aromatic heterocycles. The maximum absolute atomic E-state index is 12.9. The number of rotatable bonds is 6. The Labute approximate surface area is 210 Å². The molecule has 0 bridgehead atoms. The summed E-state index contributed by atoms with van der Waals surface area (Å²) in [6.45, 7) is -0.0924. The Bertz CT molecular complexity index is 1220. The Morgan fingerprint density at radius 3 is 2.37 bits per heavy atom. The minimum atomic E-state index is -2.99. The highest BCUT2D eigenvalue weighted by Crippen LogP contribution is 2.31. The monoisotopic (exact) mass is 546 g/mol. The van der Waals surface area contributed by atoms with Gasteiger partial charge in [-0.1, -0.05) is 24.3 Å². The second-order valence-electron chi connectivity index (χ2n) is 8.39. The van der Waals surface area contributed by atoms with Crippen LogP contribution in [0.25, 0.3) is 0 Å². The molecule has 35 heavy (non-hydrogen) atoms. The van der Waals surface area contributed by atoms with Crippen molar-refractivity contribution in [3.63, 3.8) is 0 Å². The number of aryl methyl sites for hydroxylation is 1. The van der Waals surface area contributed by atoms with Gasteiger partial charge in [-0.25, -0.2) is 0 Å². The van der Waals surface area contributed by atoms with Crippen LogP contribution in [0.15, 0.2) is 53.0 Å². The van der Waals surface area contributed by atoms with Gasteiger partial charge in [0, 0.05) is 25.8 Å². The van der Waals surface area contributed by atoms with Gasteiger partial charge >= 0.3 is 6.61 Å². The number of likely N-dealkylation sites (tertiary alicyclic amines) is 1. The topological polar surface area (TPSA) is 76.5 Å². The number of nitrogens with one attached hydrogen (secondary N) is 1. The maximum atomic E-state index is 12.9. The molecule has 0 radical (unpaired) electrons. The van der Waals surface area contributed by atoms with Crippen LogP contribution in [0.1, 0.15) is 50.9 Å². The number of nitrogens with zero attached hydrogens (tertiary/aromatic N) is 3. The zero-order valence-corrected chi connectivity index (χ0v) is 20.9. The molecule has 1 aliphatic rings. The number of alkyl halides is 2. The number of carbonyl (C=O) groups excluding carboxylic acids is 2. The maximum Gasteiger partial charge on any atom is 0.387 e. The fourth-order valence-corrected chi connectivity index (χ4v) is 4.70. The number of amides is 2. The highest BCUT2D eigenvalue weighted by atomic mass is 79.9. The molecule has 1 N–H and O–H groups in total. The lowest BCUT2D eigenvalue weighted by Crippen LogP contribution is -2.38. The number of hydrogen-bond acceptors (Lipinski definition) is 4. The van der Waals surface area contributed by atoms with Crippen molar-refractivity contribution >= 4 is 33.4 Å². The van der Waals surface area contributed by atoms with Gasteiger partial charge in [-0.2, -0.15) is 13.9 Å². The van der Waals surface area contributed by atoms with Crippen molar-refractivity contribution in [2.45, 2.75) is 32.3 Å². The largest absolute Gasteiger partial charge is 0.434 e. The summed E-state index contributed by atoms with van der Waals surface area (Å²) in [7, 11) is 1.78. The van der Waals surface area contributed by atoms with Crippen molar-refractivity contribution in [3.8, 4) is 5.75 Å². The van der Waals surface area contributed by atoms with Crippen LogP contribution < -0.4 is 10.1 Å². The van der Waals surface area contributed by atoms with Gasteiger partial charge in [0.2, 0.25) is 0 Å². The van der Waals surface area contributed by atoms with Gasteiger partial charge in [-0.15, -0.1) is 0 Å². The van der Waals surface area contributed by atoms with E-state index in [9.17, 15) is 18.4 Å². The number of ether oxygens (including phenoxy) is 1. The lowest BCUT2D eigenvalue weighted by atomic mass is 9.89. The Morgan fingerprint density at radius 2 is 1.77 bits per heavy atom. The predicted molar refractivity (Wildman–Crippen MR) is 131 cm³/mol. The summed E-state index contributed by atoms with van der Waals surface area (Å²) in [5, 5.41) is 7.11. The number of halogens is 3. The second-order valence-corrected chi connectivity index (χ2v) is 9.18. The van der Waals surface area contributed by atoms with E-state index in [-0.39, 0.29) is 29.0 Å². The Balaban J connectivity index is 1.36. The van der Waals surface area contributed by atoms with E-state index in [0.29, 0.717) is 28.9 Å². The fourth-order valence-electron chi connectivity index (χ4n) is 4.18. The van der Waals surface area contributed by atoms with Crippen molar-refractivity contribution in [3.05, 3.63) is 75.5 Å². The van der Waals surface area contributed by atoms with E-state index in [0.717, 1.165) is 24.1 Å². The molecular formula is C25H25BrF2N4O3. The third-order valence-corrected chi connectivity index (χ3v) is 7.18. The number of carbonyl (C=O) groups is 2. The third-order valence-electron chi connectivity index (χ3n) is 6.23. The molecule has 2 amide bonds. The molecule has 184 valence electrons. The highest BCUT2D eigenvalue weighted by Gasteiger charge is 2.27. The van der Waals surface area contributed by atoms with E-state index >= 15 is 0 Å². The van der Waals surface area contributed by atoms with Crippen LogP contribution in [-0.2, 0) is 7.05 Å². The van der Waals surface area contributed by atoms with Gasteiger partial charge in [-0.05, 0) is 71.4 Å². The average Bonchev–Trinajstić information content (AvgIpc) is 3.11. The quantitative estimate of drug-likeness (QED) is 0.451. The molecule has 0 aliphatic carbocycles. The van der Waals surface area contributed by atoms with Gasteiger partial charge in [-0.3, -0.25) is 14.3 Å². The normalized spacial score (nSPS) is 14.3. The van der Waals surface area contributed by atoms with Crippen LogP contribution in [-0.4, -0.2) is 46.2 Å². The molecule has 0 spiro atoms. The van der Waals surface area contributed by atoms with Gasteiger partial charge in [0.15, 0.2) is 5.69 Å². The summed E-state index contributed by atoms with van der Waals surface area (Å²) in [6, 6.07) is 13.7. The van der Waals surface area contributed by atoms with Crippen LogP contribution >= 0.6 is 15.9 Å². The summed E-state index contributed by atoms with van der Waals surface area (Å²) in [5.74, 6) is -0.464. The van der Waals surface area contributed by atoms with E-state index < -0.39 is 6.61 Å². The van der Waals surface area contributed by atoms with Gasteiger partial charge in [0.25, 0.3) is 11.8 Å². The van der Waals surface area contributed by atoms with Gasteiger partial charge < -0.3 is 15.0 Å². The van der Waals surface area contributed by atoms with Gasteiger partial charge in [0.05, 0.1) is 15.7 Å². The Hall–Kier alpha value is -3.27.